The third-order valence-corrected chi connectivity index (χ3v) is 4.34. The molecular formula is C15H16ClN5O2. The number of fused-ring (bicyclic) bond motifs is 2. The topological polar surface area (TPSA) is 81.1 Å². The molecule has 23 heavy (non-hydrogen) atoms. The third-order valence-electron chi connectivity index (χ3n) is 4.12. The number of nitrogens with zero attached hydrogens (tertiary/aromatic N) is 3. The number of aryl methyl sites for hydroxylation is 1. The van der Waals surface area contributed by atoms with E-state index in [1.165, 1.54) is 6.33 Å². The van der Waals surface area contributed by atoms with E-state index in [0.29, 0.717) is 23.1 Å². The lowest BCUT2D eigenvalue weighted by Crippen LogP contribution is -2.36. The number of ether oxygens (including phenoxy) is 1. The lowest BCUT2D eigenvalue weighted by atomic mass is 10.1. The van der Waals surface area contributed by atoms with Crippen molar-refractivity contribution in [2.24, 2.45) is 0 Å². The van der Waals surface area contributed by atoms with Crippen LogP contribution >= 0.6 is 11.6 Å². The van der Waals surface area contributed by atoms with Crippen molar-refractivity contribution in [3.05, 3.63) is 34.9 Å². The summed E-state index contributed by atoms with van der Waals surface area (Å²) in [5, 5.41) is 10.5. The van der Waals surface area contributed by atoms with Gasteiger partial charge >= 0.3 is 6.03 Å². The summed E-state index contributed by atoms with van der Waals surface area (Å²) in [5.74, 6) is 1.50. The van der Waals surface area contributed by atoms with Crippen LogP contribution in [0.25, 0.3) is 0 Å². The number of halogens is 1. The molecule has 2 aliphatic rings. The average Bonchev–Trinajstić information content (AvgIpc) is 3.15. The first-order valence-electron chi connectivity index (χ1n) is 7.61. The lowest BCUT2D eigenvalue weighted by molar-refractivity contribution is 0.244. The highest BCUT2D eigenvalue weighted by atomic mass is 35.5. The maximum Gasteiger partial charge on any atom is 0.319 e. The van der Waals surface area contributed by atoms with Gasteiger partial charge in [0.25, 0.3) is 0 Å². The predicted octanol–water partition coefficient (Wildman–Crippen LogP) is 2.52. The molecule has 2 N–H and O–H groups in total. The van der Waals surface area contributed by atoms with Crippen molar-refractivity contribution in [3.63, 3.8) is 0 Å². The van der Waals surface area contributed by atoms with Gasteiger partial charge in [0.05, 0.1) is 18.3 Å². The Labute approximate surface area is 138 Å². The van der Waals surface area contributed by atoms with E-state index in [-0.39, 0.29) is 12.1 Å². The third kappa shape index (κ3) is 2.72. The number of carbonyl (C=O) groups excluding carboxylic acids is 1. The number of rotatable bonds is 2. The van der Waals surface area contributed by atoms with Gasteiger partial charge in [0.2, 0.25) is 0 Å². The smallest absolute Gasteiger partial charge is 0.319 e. The second-order valence-electron chi connectivity index (χ2n) is 5.67. The van der Waals surface area contributed by atoms with Crippen LogP contribution < -0.4 is 15.4 Å². The molecule has 1 atom stereocenters. The lowest BCUT2D eigenvalue weighted by Gasteiger charge is -2.23. The van der Waals surface area contributed by atoms with Crippen LogP contribution in [0.4, 0.5) is 10.5 Å². The van der Waals surface area contributed by atoms with Crippen molar-refractivity contribution >= 4 is 23.3 Å². The highest BCUT2D eigenvalue weighted by molar-refractivity contribution is 6.31. The van der Waals surface area contributed by atoms with Gasteiger partial charge in [0, 0.05) is 23.6 Å². The Morgan fingerprint density at radius 2 is 2.35 bits per heavy atom. The fraction of sp³-hybridized carbons (Fsp3) is 0.400. The van der Waals surface area contributed by atoms with Crippen molar-refractivity contribution < 1.29 is 9.53 Å². The highest BCUT2D eigenvalue weighted by Crippen LogP contribution is 2.36. The molecule has 8 heteroatoms. The van der Waals surface area contributed by atoms with E-state index in [9.17, 15) is 4.79 Å². The Kier molecular flexibility index (Phi) is 3.57. The van der Waals surface area contributed by atoms with E-state index in [1.807, 2.05) is 10.7 Å². The SMILES string of the molecule is O=C(Nc1cc(Cl)cc2c1OCC2)N[C@@H]1CCCn2ncnc21. The Hall–Kier alpha value is -2.28. The first-order chi connectivity index (χ1) is 11.2. The molecule has 3 heterocycles. The average molecular weight is 334 g/mol. The molecule has 0 unspecified atom stereocenters. The van der Waals surface area contributed by atoms with Crippen LogP contribution in [0.2, 0.25) is 5.02 Å². The Balaban J connectivity index is 1.50. The molecule has 2 amide bonds. The molecule has 120 valence electrons. The number of hydrogen-bond acceptors (Lipinski definition) is 4. The molecule has 0 bridgehead atoms. The van der Waals surface area contributed by atoms with Crippen molar-refractivity contribution in [1.29, 1.82) is 0 Å². The summed E-state index contributed by atoms with van der Waals surface area (Å²) >= 11 is 6.11. The number of aromatic nitrogens is 3. The minimum absolute atomic E-state index is 0.139. The first-order valence-corrected chi connectivity index (χ1v) is 7.99. The molecule has 0 aliphatic carbocycles. The number of nitrogens with one attached hydrogen (secondary N) is 2. The van der Waals surface area contributed by atoms with E-state index in [0.717, 1.165) is 37.2 Å². The zero-order valence-electron chi connectivity index (χ0n) is 12.4. The Morgan fingerprint density at radius 3 is 3.26 bits per heavy atom. The fourth-order valence-electron chi connectivity index (χ4n) is 3.11. The number of anilines is 1. The molecule has 2 aliphatic heterocycles. The quantitative estimate of drug-likeness (QED) is 0.885. The van der Waals surface area contributed by atoms with Crippen LogP contribution in [-0.4, -0.2) is 27.4 Å². The van der Waals surface area contributed by atoms with Gasteiger partial charge in [-0.25, -0.2) is 14.5 Å². The zero-order chi connectivity index (χ0) is 15.8. The molecule has 2 aromatic rings. The second kappa shape index (κ2) is 5.73. The maximum absolute atomic E-state index is 12.3. The van der Waals surface area contributed by atoms with Gasteiger partial charge in [-0.15, -0.1) is 0 Å². The van der Waals surface area contributed by atoms with Crippen LogP contribution in [0.5, 0.6) is 5.75 Å². The van der Waals surface area contributed by atoms with E-state index >= 15 is 0 Å². The van der Waals surface area contributed by atoms with Crippen LogP contribution in [0.3, 0.4) is 0 Å². The molecule has 1 aromatic heterocycles. The van der Waals surface area contributed by atoms with Gasteiger partial charge in [-0.1, -0.05) is 11.6 Å². The molecule has 4 rings (SSSR count). The van der Waals surface area contributed by atoms with Gasteiger partial charge < -0.3 is 15.4 Å². The largest absolute Gasteiger partial charge is 0.491 e. The number of urea groups is 1. The summed E-state index contributed by atoms with van der Waals surface area (Å²) < 4.78 is 7.42. The number of amides is 2. The van der Waals surface area contributed by atoms with Crippen LogP contribution in [-0.2, 0) is 13.0 Å². The van der Waals surface area contributed by atoms with Crippen molar-refractivity contribution in [3.8, 4) is 5.75 Å². The summed E-state index contributed by atoms with van der Waals surface area (Å²) in [5.41, 5.74) is 1.62. The zero-order valence-corrected chi connectivity index (χ0v) is 13.1. The predicted molar refractivity (Wildman–Crippen MR) is 84.8 cm³/mol. The van der Waals surface area contributed by atoms with Gasteiger partial charge in [0.15, 0.2) is 0 Å². The van der Waals surface area contributed by atoms with E-state index in [4.69, 9.17) is 16.3 Å². The first kappa shape index (κ1) is 14.3. The van der Waals surface area contributed by atoms with Gasteiger partial charge in [0.1, 0.15) is 17.9 Å². The van der Waals surface area contributed by atoms with Crippen molar-refractivity contribution in [1.82, 2.24) is 20.1 Å². The normalized spacial score (nSPS) is 18.7. The minimum Gasteiger partial charge on any atom is -0.491 e. The molecule has 0 fully saturated rings. The highest BCUT2D eigenvalue weighted by Gasteiger charge is 2.25. The van der Waals surface area contributed by atoms with Crippen LogP contribution in [0.1, 0.15) is 30.3 Å². The number of benzene rings is 1. The summed E-state index contributed by atoms with van der Waals surface area (Å²) in [4.78, 5) is 16.6. The molecule has 7 nitrogen and oxygen atoms in total. The van der Waals surface area contributed by atoms with Crippen molar-refractivity contribution in [2.75, 3.05) is 11.9 Å². The van der Waals surface area contributed by atoms with Crippen molar-refractivity contribution in [2.45, 2.75) is 31.8 Å². The summed E-state index contributed by atoms with van der Waals surface area (Å²) in [6.45, 7) is 1.45. The number of carbonyl (C=O) groups is 1. The minimum atomic E-state index is -0.300. The molecule has 0 saturated heterocycles. The molecule has 0 spiro atoms. The van der Waals surface area contributed by atoms with Gasteiger partial charge in [-0.2, -0.15) is 5.10 Å². The molecular weight excluding hydrogens is 318 g/mol. The fourth-order valence-corrected chi connectivity index (χ4v) is 3.35. The van der Waals surface area contributed by atoms with Gasteiger partial charge in [-0.3, -0.25) is 0 Å². The molecule has 0 radical (unpaired) electrons. The van der Waals surface area contributed by atoms with E-state index in [1.54, 1.807) is 6.07 Å². The molecule has 0 saturated carbocycles. The number of hydrogen-bond donors (Lipinski definition) is 2. The standard InChI is InChI=1S/C15H16ClN5O2/c16-10-6-9-3-5-23-13(9)12(7-10)20-15(22)19-11-2-1-4-21-14(11)17-8-18-21/h6-8,11H,1-5H2,(H2,19,20,22)/t11-/m1/s1. The second-order valence-corrected chi connectivity index (χ2v) is 6.11. The molecule has 1 aromatic carbocycles. The summed E-state index contributed by atoms with van der Waals surface area (Å²) in [6.07, 6.45) is 4.12. The van der Waals surface area contributed by atoms with Gasteiger partial charge in [-0.05, 0) is 25.0 Å². The van der Waals surface area contributed by atoms with E-state index < -0.39 is 0 Å². The summed E-state index contributed by atoms with van der Waals surface area (Å²) in [6, 6.07) is 3.14. The monoisotopic (exact) mass is 333 g/mol. The summed E-state index contributed by atoms with van der Waals surface area (Å²) in [7, 11) is 0. The van der Waals surface area contributed by atoms with E-state index in [2.05, 4.69) is 20.7 Å². The van der Waals surface area contributed by atoms with Crippen LogP contribution in [0.15, 0.2) is 18.5 Å². The Bertz CT molecular complexity index is 760. The maximum atomic E-state index is 12.3. The van der Waals surface area contributed by atoms with Crippen LogP contribution in [0, 0.1) is 0 Å². The Morgan fingerprint density at radius 1 is 1.43 bits per heavy atom.